The van der Waals surface area contributed by atoms with Gasteiger partial charge in [0.1, 0.15) is 12.4 Å². The summed E-state index contributed by atoms with van der Waals surface area (Å²) in [7, 11) is 4.07. The number of likely N-dealkylation sites (N-methyl/N-ethyl adjacent to an activating group) is 1. The Morgan fingerprint density at radius 1 is 1.23 bits per heavy atom. The predicted molar refractivity (Wildman–Crippen MR) is 101 cm³/mol. The van der Waals surface area contributed by atoms with Crippen LogP contribution in [0, 0.1) is 0 Å². The molecule has 0 saturated carbocycles. The summed E-state index contributed by atoms with van der Waals surface area (Å²) in [5.74, 6) is 0.917. The van der Waals surface area contributed by atoms with Crippen molar-refractivity contribution in [3.8, 4) is 5.75 Å². The number of hydrogen-bond donors (Lipinski definition) is 2. The second-order valence-corrected chi connectivity index (χ2v) is 7.09. The monoisotopic (exact) mass is 354 g/mol. The maximum Gasteiger partial charge on any atom is 0.274 e. The fourth-order valence-electron chi connectivity index (χ4n) is 3.45. The van der Waals surface area contributed by atoms with E-state index in [9.17, 15) is 4.79 Å². The van der Waals surface area contributed by atoms with Gasteiger partial charge in [-0.25, -0.2) is 5.48 Å². The Bertz CT molecular complexity index is 774. The van der Waals surface area contributed by atoms with Crippen LogP contribution in [-0.4, -0.2) is 43.3 Å². The molecule has 26 heavy (non-hydrogen) atoms. The van der Waals surface area contributed by atoms with Gasteiger partial charge in [-0.15, -0.1) is 0 Å². The van der Waals surface area contributed by atoms with Crippen LogP contribution in [0.25, 0.3) is 0 Å². The molecule has 0 spiro atoms. The zero-order chi connectivity index (χ0) is 18.5. The van der Waals surface area contributed by atoms with Crippen molar-refractivity contribution in [2.75, 3.05) is 27.2 Å². The molecule has 1 aliphatic carbocycles. The van der Waals surface area contributed by atoms with E-state index < -0.39 is 5.91 Å². The number of amides is 1. The lowest BCUT2D eigenvalue weighted by atomic mass is 9.79. The van der Waals surface area contributed by atoms with Crippen molar-refractivity contribution < 1.29 is 14.7 Å². The zero-order valence-corrected chi connectivity index (χ0v) is 15.4. The number of hydrogen-bond acceptors (Lipinski definition) is 4. The Hall–Kier alpha value is -2.37. The average Bonchev–Trinajstić information content (AvgIpc) is 2.66. The summed E-state index contributed by atoms with van der Waals surface area (Å²) in [6.45, 7) is 1.57. The molecule has 1 unspecified atom stereocenters. The minimum Gasteiger partial charge on any atom is -0.492 e. The zero-order valence-electron chi connectivity index (χ0n) is 15.4. The summed E-state index contributed by atoms with van der Waals surface area (Å²) in [4.78, 5) is 13.7. The Morgan fingerprint density at radius 3 is 2.85 bits per heavy atom. The van der Waals surface area contributed by atoms with E-state index in [1.165, 1.54) is 16.7 Å². The van der Waals surface area contributed by atoms with Gasteiger partial charge in [-0.05, 0) is 80.2 Å². The first kappa shape index (κ1) is 18.4. The number of carbonyl (C=O) groups is 1. The summed E-state index contributed by atoms with van der Waals surface area (Å²) >= 11 is 0. The van der Waals surface area contributed by atoms with Crippen molar-refractivity contribution in [1.29, 1.82) is 0 Å². The third kappa shape index (κ3) is 4.42. The van der Waals surface area contributed by atoms with Crippen LogP contribution in [0.1, 0.15) is 39.4 Å². The summed E-state index contributed by atoms with van der Waals surface area (Å²) in [6.07, 6.45) is 2.92. The van der Waals surface area contributed by atoms with Gasteiger partial charge in [0.2, 0.25) is 0 Å². The van der Waals surface area contributed by atoms with Crippen LogP contribution in [0.4, 0.5) is 0 Å². The van der Waals surface area contributed by atoms with Crippen molar-refractivity contribution >= 4 is 5.91 Å². The van der Waals surface area contributed by atoms with Crippen molar-refractivity contribution in [3.63, 3.8) is 0 Å². The number of fused-ring (bicyclic) bond motifs is 1. The SMILES string of the molecule is CN(C)CCOc1cccc(C2CCc3cc(C(=O)NO)ccc3C2)c1. The van der Waals surface area contributed by atoms with Crippen LogP contribution >= 0.6 is 0 Å². The molecule has 1 atom stereocenters. The van der Waals surface area contributed by atoms with Gasteiger partial charge in [0, 0.05) is 12.1 Å². The third-order valence-electron chi connectivity index (χ3n) is 4.94. The lowest BCUT2D eigenvalue weighted by Gasteiger charge is -2.25. The van der Waals surface area contributed by atoms with Crippen molar-refractivity contribution in [2.24, 2.45) is 0 Å². The van der Waals surface area contributed by atoms with Gasteiger partial charge in [-0.1, -0.05) is 18.2 Å². The lowest BCUT2D eigenvalue weighted by Crippen LogP contribution is -2.20. The van der Waals surface area contributed by atoms with E-state index in [4.69, 9.17) is 9.94 Å². The number of carbonyl (C=O) groups excluding carboxylic acids is 1. The molecule has 3 rings (SSSR count). The maximum absolute atomic E-state index is 11.6. The Kier molecular flexibility index (Phi) is 5.91. The molecule has 5 nitrogen and oxygen atoms in total. The first-order valence-electron chi connectivity index (χ1n) is 9.00. The molecule has 2 aromatic carbocycles. The van der Waals surface area contributed by atoms with E-state index in [-0.39, 0.29) is 0 Å². The van der Waals surface area contributed by atoms with Gasteiger partial charge in [-0.2, -0.15) is 0 Å². The van der Waals surface area contributed by atoms with Gasteiger partial charge in [0.15, 0.2) is 0 Å². The molecule has 5 heteroatoms. The van der Waals surface area contributed by atoms with Gasteiger partial charge in [0.25, 0.3) is 5.91 Å². The van der Waals surface area contributed by atoms with E-state index in [1.807, 2.05) is 32.3 Å². The minimum atomic E-state index is -0.461. The van der Waals surface area contributed by atoms with Crippen molar-refractivity contribution in [2.45, 2.75) is 25.2 Å². The topological polar surface area (TPSA) is 61.8 Å². The van der Waals surface area contributed by atoms with E-state index in [2.05, 4.69) is 23.1 Å². The molecular formula is C21H26N2O3. The van der Waals surface area contributed by atoms with Gasteiger partial charge in [-0.3, -0.25) is 10.0 Å². The van der Waals surface area contributed by atoms with Crippen molar-refractivity contribution in [1.82, 2.24) is 10.4 Å². The first-order valence-corrected chi connectivity index (χ1v) is 9.00. The Morgan fingerprint density at radius 2 is 2.08 bits per heavy atom. The normalized spacial score (nSPS) is 16.2. The first-order chi connectivity index (χ1) is 12.6. The highest BCUT2D eigenvalue weighted by molar-refractivity contribution is 5.93. The lowest BCUT2D eigenvalue weighted by molar-refractivity contribution is 0.0706. The molecule has 0 heterocycles. The fraction of sp³-hybridized carbons (Fsp3) is 0.381. The van der Waals surface area contributed by atoms with E-state index >= 15 is 0 Å². The largest absolute Gasteiger partial charge is 0.492 e. The van der Waals surface area contributed by atoms with Gasteiger partial charge < -0.3 is 9.64 Å². The van der Waals surface area contributed by atoms with Crippen LogP contribution in [-0.2, 0) is 12.8 Å². The molecule has 1 aliphatic rings. The molecule has 0 bridgehead atoms. The van der Waals surface area contributed by atoms with Crippen LogP contribution < -0.4 is 10.2 Å². The maximum atomic E-state index is 11.6. The number of hydroxylamine groups is 1. The summed E-state index contributed by atoms with van der Waals surface area (Å²) in [5.41, 5.74) is 5.97. The average molecular weight is 354 g/mol. The minimum absolute atomic E-state index is 0.456. The molecule has 0 aromatic heterocycles. The quantitative estimate of drug-likeness (QED) is 0.618. The molecule has 138 valence electrons. The Balaban J connectivity index is 1.69. The van der Waals surface area contributed by atoms with Crippen LogP contribution in [0.15, 0.2) is 42.5 Å². The molecule has 0 radical (unpaired) electrons. The highest BCUT2D eigenvalue weighted by Gasteiger charge is 2.21. The number of aryl methyl sites for hydroxylation is 1. The molecule has 1 amide bonds. The number of nitrogens with one attached hydrogen (secondary N) is 1. The molecular weight excluding hydrogens is 328 g/mol. The summed E-state index contributed by atoms with van der Waals surface area (Å²) in [6, 6.07) is 14.1. The second-order valence-electron chi connectivity index (χ2n) is 7.09. The van der Waals surface area contributed by atoms with E-state index in [0.29, 0.717) is 18.1 Å². The van der Waals surface area contributed by atoms with Gasteiger partial charge >= 0.3 is 0 Å². The predicted octanol–water partition coefficient (Wildman–Crippen LogP) is 3.02. The molecule has 2 N–H and O–H groups in total. The second kappa shape index (κ2) is 8.34. The standard InChI is InChI=1S/C21H26N2O3/c1-23(2)10-11-26-20-5-3-4-15(14-20)16-6-7-18-13-19(21(24)22-25)9-8-17(18)12-16/h3-5,8-9,13-14,16,25H,6-7,10-12H2,1-2H3,(H,22,24). The number of nitrogens with zero attached hydrogens (tertiary/aromatic N) is 1. The number of benzene rings is 2. The molecule has 0 fully saturated rings. The smallest absolute Gasteiger partial charge is 0.274 e. The Labute approximate surface area is 154 Å². The molecule has 2 aromatic rings. The van der Waals surface area contributed by atoms with Crippen LogP contribution in [0.3, 0.4) is 0 Å². The summed E-state index contributed by atoms with van der Waals surface area (Å²) < 4.78 is 5.86. The fourth-order valence-corrected chi connectivity index (χ4v) is 3.45. The van der Waals surface area contributed by atoms with Crippen molar-refractivity contribution in [3.05, 3.63) is 64.7 Å². The highest BCUT2D eigenvalue weighted by atomic mass is 16.5. The summed E-state index contributed by atoms with van der Waals surface area (Å²) in [5, 5.41) is 8.79. The van der Waals surface area contributed by atoms with Crippen LogP contribution in [0.5, 0.6) is 5.75 Å². The molecule has 0 aliphatic heterocycles. The third-order valence-corrected chi connectivity index (χ3v) is 4.94. The van der Waals surface area contributed by atoms with E-state index in [1.54, 1.807) is 11.5 Å². The van der Waals surface area contributed by atoms with Gasteiger partial charge in [0.05, 0.1) is 0 Å². The van der Waals surface area contributed by atoms with E-state index in [0.717, 1.165) is 31.6 Å². The number of rotatable bonds is 6. The molecule has 0 saturated heterocycles. The number of ether oxygens (including phenoxy) is 1. The van der Waals surface area contributed by atoms with Crippen LogP contribution in [0.2, 0.25) is 0 Å². The highest BCUT2D eigenvalue weighted by Crippen LogP contribution is 2.34.